The molecule has 3 N–H and O–H groups in total. The largest absolute Gasteiger partial charge is 0.329 e. The van der Waals surface area contributed by atoms with Gasteiger partial charge in [0.05, 0.1) is 18.9 Å². The molecule has 0 bridgehead atoms. The monoisotopic (exact) mass is 298 g/mol. The number of nitrogens with two attached hydrogens (primary N) is 1. The summed E-state index contributed by atoms with van der Waals surface area (Å²) >= 11 is 0. The minimum Gasteiger partial charge on any atom is -0.329 e. The molecule has 2 aromatic heterocycles. The molecular weight excluding hydrogens is 280 g/mol. The zero-order valence-electron chi connectivity index (χ0n) is 11.4. The van der Waals surface area contributed by atoms with Crippen LogP contribution in [0, 0.1) is 6.92 Å². The van der Waals surface area contributed by atoms with E-state index in [0.717, 1.165) is 11.3 Å². The second kappa shape index (κ2) is 5.73. The highest BCUT2D eigenvalue weighted by Gasteiger charge is 2.17. The first-order valence-electron chi connectivity index (χ1n) is 6.13. The standard InChI is InChI=1S/C11H18N6O2S/c1-9-10(5-13-16(9)2)6-15-20(18,19)11-7-14-17(8-11)4-3-12/h5,7-8,15H,3-4,6,12H2,1-2H3. The molecule has 0 aromatic carbocycles. The van der Waals surface area contributed by atoms with Gasteiger partial charge < -0.3 is 5.73 Å². The number of aromatic nitrogens is 4. The van der Waals surface area contributed by atoms with Crippen LogP contribution < -0.4 is 10.5 Å². The Kier molecular flexibility index (Phi) is 4.21. The van der Waals surface area contributed by atoms with Crippen molar-refractivity contribution in [2.24, 2.45) is 12.8 Å². The quantitative estimate of drug-likeness (QED) is 0.737. The van der Waals surface area contributed by atoms with E-state index >= 15 is 0 Å². The predicted molar refractivity (Wildman–Crippen MR) is 73.3 cm³/mol. The number of nitrogens with zero attached hydrogens (tertiary/aromatic N) is 4. The molecule has 9 heteroatoms. The van der Waals surface area contributed by atoms with Crippen molar-refractivity contribution in [3.05, 3.63) is 29.8 Å². The van der Waals surface area contributed by atoms with Crippen LogP contribution in [0.5, 0.6) is 0 Å². The maximum absolute atomic E-state index is 12.1. The highest BCUT2D eigenvalue weighted by atomic mass is 32.2. The van der Waals surface area contributed by atoms with Gasteiger partial charge in [-0.15, -0.1) is 0 Å². The summed E-state index contributed by atoms with van der Waals surface area (Å²) < 4.78 is 30.0. The Hall–Kier alpha value is -1.71. The lowest BCUT2D eigenvalue weighted by Crippen LogP contribution is -2.23. The molecule has 0 aliphatic rings. The molecule has 2 aromatic rings. The van der Waals surface area contributed by atoms with Crippen molar-refractivity contribution in [3.8, 4) is 0 Å². The van der Waals surface area contributed by atoms with Crippen LogP contribution in [-0.2, 0) is 30.2 Å². The minimum absolute atomic E-state index is 0.132. The number of sulfonamides is 1. The maximum atomic E-state index is 12.1. The number of rotatable bonds is 6. The normalized spacial score (nSPS) is 11.9. The van der Waals surface area contributed by atoms with Crippen molar-refractivity contribution in [1.29, 1.82) is 0 Å². The second-order valence-electron chi connectivity index (χ2n) is 4.43. The molecule has 0 atom stereocenters. The van der Waals surface area contributed by atoms with E-state index in [9.17, 15) is 8.42 Å². The smallest absolute Gasteiger partial charge is 0.243 e. The Morgan fingerprint density at radius 1 is 1.35 bits per heavy atom. The van der Waals surface area contributed by atoms with Crippen LogP contribution in [0.1, 0.15) is 11.3 Å². The average molecular weight is 298 g/mol. The number of hydrogen-bond donors (Lipinski definition) is 2. The van der Waals surface area contributed by atoms with Crippen molar-refractivity contribution in [2.45, 2.75) is 24.9 Å². The highest BCUT2D eigenvalue weighted by Crippen LogP contribution is 2.10. The van der Waals surface area contributed by atoms with Crippen LogP contribution in [0.2, 0.25) is 0 Å². The lowest BCUT2D eigenvalue weighted by atomic mass is 10.3. The van der Waals surface area contributed by atoms with Gasteiger partial charge in [0.15, 0.2) is 0 Å². The fourth-order valence-corrected chi connectivity index (χ4v) is 2.67. The first kappa shape index (κ1) is 14.7. The first-order valence-corrected chi connectivity index (χ1v) is 7.62. The molecule has 0 spiro atoms. The van der Waals surface area contributed by atoms with Crippen LogP contribution in [0.25, 0.3) is 0 Å². The van der Waals surface area contributed by atoms with Gasteiger partial charge >= 0.3 is 0 Å². The maximum Gasteiger partial charge on any atom is 0.243 e. The van der Waals surface area contributed by atoms with E-state index in [2.05, 4.69) is 14.9 Å². The Labute approximate surface area is 117 Å². The van der Waals surface area contributed by atoms with E-state index in [1.54, 1.807) is 10.9 Å². The summed E-state index contributed by atoms with van der Waals surface area (Å²) in [5.74, 6) is 0. The number of nitrogens with one attached hydrogen (secondary N) is 1. The fourth-order valence-electron chi connectivity index (χ4n) is 1.71. The molecule has 0 radical (unpaired) electrons. The molecule has 0 saturated carbocycles. The Morgan fingerprint density at radius 3 is 2.70 bits per heavy atom. The van der Waals surface area contributed by atoms with Crippen LogP contribution in [0.15, 0.2) is 23.5 Å². The third-order valence-corrected chi connectivity index (χ3v) is 4.42. The lowest BCUT2D eigenvalue weighted by molar-refractivity contribution is 0.580. The molecule has 8 nitrogen and oxygen atoms in total. The van der Waals surface area contributed by atoms with Crippen molar-refractivity contribution in [3.63, 3.8) is 0 Å². The van der Waals surface area contributed by atoms with E-state index < -0.39 is 10.0 Å². The van der Waals surface area contributed by atoms with Crippen molar-refractivity contribution in [2.75, 3.05) is 6.54 Å². The third kappa shape index (κ3) is 3.06. The average Bonchev–Trinajstić information content (AvgIpc) is 2.98. The molecule has 0 unspecified atom stereocenters. The van der Waals surface area contributed by atoms with Crippen LogP contribution >= 0.6 is 0 Å². The Bertz CT molecular complexity index is 688. The van der Waals surface area contributed by atoms with Crippen molar-refractivity contribution < 1.29 is 8.42 Å². The minimum atomic E-state index is -3.57. The van der Waals surface area contributed by atoms with Gasteiger partial charge in [-0.3, -0.25) is 9.36 Å². The summed E-state index contributed by atoms with van der Waals surface area (Å²) in [5.41, 5.74) is 7.16. The number of hydrogen-bond acceptors (Lipinski definition) is 5. The molecule has 20 heavy (non-hydrogen) atoms. The summed E-state index contributed by atoms with van der Waals surface area (Å²) in [6.45, 7) is 2.97. The van der Waals surface area contributed by atoms with Crippen LogP contribution in [0.3, 0.4) is 0 Å². The molecular formula is C11H18N6O2S. The second-order valence-corrected chi connectivity index (χ2v) is 6.20. The summed E-state index contributed by atoms with van der Waals surface area (Å²) in [7, 11) is -1.76. The van der Waals surface area contributed by atoms with Crippen molar-refractivity contribution >= 4 is 10.0 Å². The van der Waals surface area contributed by atoms with Crippen molar-refractivity contribution in [1.82, 2.24) is 24.3 Å². The topological polar surface area (TPSA) is 108 Å². The first-order chi connectivity index (χ1) is 9.44. The summed E-state index contributed by atoms with van der Waals surface area (Å²) in [5, 5.41) is 8.02. The Morgan fingerprint density at radius 2 is 2.10 bits per heavy atom. The predicted octanol–water partition coefficient (Wildman–Crippen LogP) is -0.638. The SMILES string of the molecule is Cc1c(CNS(=O)(=O)c2cnn(CCN)c2)cnn1C. The van der Waals surface area contributed by atoms with E-state index in [-0.39, 0.29) is 11.4 Å². The molecule has 0 amide bonds. The van der Waals surface area contributed by atoms with Gasteiger partial charge in [-0.05, 0) is 6.92 Å². The molecule has 2 rings (SSSR count). The Balaban J connectivity index is 2.08. The zero-order valence-corrected chi connectivity index (χ0v) is 12.3. The highest BCUT2D eigenvalue weighted by molar-refractivity contribution is 7.89. The molecule has 0 aliphatic carbocycles. The van der Waals surface area contributed by atoms with Gasteiger partial charge in [0, 0.05) is 37.6 Å². The lowest BCUT2D eigenvalue weighted by Gasteiger charge is -2.04. The molecule has 2 heterocycles. The van der Waals surface area contributed by atoms with Crippen LogP contribution in [-0.4, -0.2) is 34.5 Å². The summed E-state index contributed by atoms with van der Waals surface area (Å²) in [6, 6.07) is 0. The van der Waals surface area contributed by atoms with Gasteiger partial charge in [-0.25, -0.2) is 13.1 Å². The van der Waals surface area contributed by atoms with Crippen LogP contribution in [0.4, 0.5) is 0 Å². The van der Waals surface area contributed by atoms with Gasteiger partial charge in [-0.1, -0.05) is 0 Å². The molecule has 0 aliphatic heterocycles. The summed E-state index contributed by atoms with van der Waals surface area (Å²) in [6.07, 6.45) is 4.43. The van der Waals surface area contributed by atoms with E-state index in [1.807, 2.05) is 14.0 Å². The van der Waals surface area contributed by atoms with Gasteiger partial charge in [-0.2, -0.15) is 10.2 Å². The fraction of sp³-hybridized carbons (Fsp3) is 0.455. The molecule has 0 saturated heterocycles. The summed E-state index contributed by atoms with van der Waals surface area (Å²) in [4.78, 5) is 0.132. The number of aryl methyl sites for hydroxylation is 1. The van der Waals surface area contributed by atoms with E-state index in [0.29, 0.717) is 13.1 Å². The molecule has 0 fully saturated rings. The zero-order chi connectivity index (χ0) is 14.8. The van der Waals surface area contributed by atoms with Gasteiger partial charge in [0.2, 0.25) is 10.0 Å². The van der Waals surface area contributed by atoms with Gasteiger partial charge in [0.1, 0.15) is 4.90 Å². The van der Waals surface area contributed by atoms with E-state index in [4.69, 9.17) is 5.73 Å². The molecule has 110 valence electrons. The third-order valence-electron chi connectivity index (χ3n) is 3.07. The van der Waals surface area contributed by atoms with Gasteiger partial charge in [0.25, 0.3) is 0 Å². The van der Waals surface area contributed by atoms with E-state index in [1.165, 1.54) is 17.1 Å².